The summed E-state index contributed by atoms with van der Waals surface area (Å²) in [5.41, 5.74) is 5.58. The van der Waals surface area contributed by atoms with E-state index < -0.39 is 8.32 Å². The number of halogens is 1. The average Bonchev–Trinajstić information content (AvgIpc) is 3.78. The van der Waals surface area contributed by atoms with Gasteiger partial charge in [0.25, 0.3) is 8.32 Å². The zero-order valence-corrected chi connectivity index (χ0v) is 30.6. The van der Waals surface area contributed by atoms with Gasteiger partial charge in [0.1, 0.15) is 29.8 Å². The van der Waals surface area contributed by atoms with E-state index >= 15 is 0 Å². The molecule has 4 aromatic heterocycles. The molecule has 1 aliphatic rings. The Morgan fingerprint density at radius 2 is 1.42 bits per heavy atom. The lowest BCUT2D eigenvalue weighted by atomic mass is 9.85. The molecule has 8 aromatic rings. The zero-order chi connectivity index (χ0) is 36.2. The molecule has 2 atom stereocenters. The molecule has 0 fully saturated rings. The molecule has 0 bridgehead atoms. The maximum absolute atomic E-state index is 14.4. The predicted octanol–water partition coefficient (Wildman–Crippen LogP) is 7.76. The van der Waals surface area contributed by atoms with Gasteiger partial charge in [-0.05, 0) is 51.5 Å². The fourth-order valence-electron chi connectivity index (χ4n) is 8.07. The minimum absolute atomic E-state index is 0.134. The van der Waals surface area contributed by atoms with Gasteiger partial charge in [-0.2, -0.15) is 4.98 Å². The van der Waals surface area contributed by atoms with Gasteiger partial charge in [-0.25, -0.2) is 29.3 Å². The van der Waals surface area contributed by atoms with Crippen LogP contribution in [-0.4, -0.2) is 47.4 Å². The van der Waals surface area contributed by atoms with Gasteiger partial charge in [-0.15, -0.1) is 0 Å². The summed E-state index contributed by atoms with van der Waals surface area (Å²) in [5, 5.41) is 2.33. The van der Waals surface area contributed by atoms with Crippen LogP contribution in [0.3, 0.4) is 0 Å². The van der Waals surface area contributed by atoms with Crippen LogP contribution in [0.25, 0.3) is 39.5 Å². The second-order valence-corrected chi connectivity index (χ2v) is 18.8. The highest BCUT2D eigenvalue weighted by Crippen LogP contribution is 2.47. The molecular weight excluding hydrogens is 680 g/mol. The summed E-state index contributed by atoms with van der Waals surface area (Å²) in [4.78, 5) is 28.0. The number of aromatic nitrogens is 8. The lowest BCUT2D eigenvalue weighted by molar-refractivity contribution is 0.161. The van der Waals surface area contributed by atoms with Crippen molar-refractivity contribution < 1.29 is 8.82 Å². The molecule has 4 heterocycles. The van der Waals surface area contributed by atoms with Gasteiger partial charge in [0.05, 0.1) is 34.9 Å². The van der Waals surface area contributed by atoms with Crippen LogP contribution in [-0.2, 0) is 4.43 Å². The van der Waals surface area contributed by atoms with Crippen LogP contribution in [0, 0.1) is 5.82 Å². The molecular formula is C42H37FN8OSi. The van der Waals surface area contributed by atoms with E-state index in [0.717, 1.165) is 29.5 Å². The Morgan fingerprint density at radius 3 is 2.11 bits per heavy atom. The van der Waals surface area contributed by atoms with E-state index in [0.29, 0.717) is 34.0 Å². The smallest absolute Gasteiger partial charge is 0.261 e. The molecule has 53 heavy (non-hydrogen) atoms. The number of hydrogen-bond acceptors (Lipinski definition) is 7. The van der Waals surface area contributed by atoms with E-state index in [9.17, 15) is 4.39 Å². The molecule has 4 aromatic carbocycles. The summed E-state index contributed by atoms with van der Waals surface area (Å²) < 4.78 is 26.0. The first kappa shape index (κ1) is 33.0. The topological polar surface area (TPSA) is 96.4 Å². The van der Waals surface area contributed by atoms with E-state index in [1.165, 1.54) is 28.8 Å². The quantitative estimate of drug-likeness (QED) is 0.156. The molecule has 0 amide bonds. The van der Waals surface area contributed by atoms with Crippen molar-refractivity contribution in [2.75, 3.05) is 0 Å². The Morgan fingerprint density at radius 1 is 0.736 bits per heavy atom. The largest absolute Gasteiger partial charge is 0.400 e. The lowest BCUT2D eigenvalue weighted by Crippen LogP contribution is -2.67. The second-order valence-electron chi connectivity index (χ2n) is 14.6. The first-order valence-electron chi connectivity index (χ1n) is 17.8. The predicted molar refractivity (Wildman–Crippen MR) is 206 cm³/mol. The van der Waals surface area contributed by atoms with Gasteiger partial charge in [0.15, 0.2) is 5.65 Å². The number of nitrogens with zero attached hydrogens (tertiary/aromatic N) is 8. The lowest BCUT2D eigenvalue weighted by Gasteiger charge is -2.46. The summed E-state index contributed by atoms with van der Waals surface area (Å²) in [7, 11) is -2.86. The molecule has 0 spiro atoms. The third kappa shape index (κ3) is 5.55. The number of rotatable bonds is 7. The van der Waals surface area contributed by atoms with Gasteiger partial charge in [0.2, 0.25) is 5.95 Å². The molecule has 0 radical (unpaired) electrons. The van der Waals surface area contributed by atoms with Gasteiger partial charge in [-0.3, -0.25) is 4.57 Å². The van der Waals surface area contributed by atoms with Crippen molar-refractivity contribution in [3.63, 3.8) is 0 Å². The van der Waals surface area contributed by atoms with Crippen molar-refractivity contribution in [2.45, 2.75) is 50.8 Å². The fraction of sp³-hybridized carbons (Fsp3) is 0.190. The van der Waals surface area contributed by atoms with E-state index in [-0.39, 0.29) is 23.0 Å². The maximum Gasteiger partial charge on any atom is 0.261 e. The normalized spacial score (nSPS) is 16.2. The summed E-state index contributed by atoms with van der Waals surface area (Å²) in [6.07, 6.45) is 9.80. The van der Waals surface area contributed by atoms with Crippen molar-refractivity contribution >= 4 is 40.9 Å². The molecule has 262 valence electrons. The van der Waals surface area contributed by atoms with Crippen molar-refractivity contribution in [2.24, 2.45) is 0 Å². The molecule has 0 N–H and O–H groups in total. The molecule has 1 aliphatic carbocycles. The molecule has 11 heteroatoms. The van der Waals surface area contributed by atoms with Gasteiger partial charge in [-0.1, -0.05) is 106 Å². The molecule has 0 saturated heterocycles. The molecule has 0 saturated carbocycles. The maximum atomic E-state index is 14.4. The van der Waals surface area contributed by atoms with Crippen LogP contribution < -0.4 is 10.4 Å². The van der Waals surface area contributed by atoms with Gasteiger partial charge >= 0.3 is 0 Å². The molecule has 1 unspecified atom stereocenters. The van der Waals surface area contributed by atoms with Gasteiger partial charge < -0.3 is 8.99 Å². The van der Waals surface area contributed by atoms with Gasteiger partial charge in [0, 0.05) is 18.5 Å². The first-order chi connectivity index (χ1) is 25.8. The molecule has 0 aliphatic heterocycles. The van der Waals surface area contributed by atoms with E-state index in [1.807, 2.05) is 0 Å². The highest BCUT2D eigenvalue weighted by atomic mass is 28.4. The monoisotopic (exact) mass is 716 g/mol. The average molecular weight is 717 g/mol. The Bertz CT molecular complexity index is 2530. The van der Waals surface area contributed by atoms with Crippen LogP contribution in [0.15, 0.2) is 134 Å². The van der Waals surface area contributed by atoms with Crippen molar-refractivity contribution in [1.29, 1.82) is 0 Å². The van der Waals surface area contributed by atoms with Crippen LogP contribution in [0.1, 0.15) is 56.9 Å². The van der Waals surface area contributed by atoms with E-state index in [4.69, 9.17) is 14.4 Å². The summed E-state index contributed by atoms with van der Waals surface area (Å²) in [6, 6.07) is 34.6. The number of fused-ring (bicyclic) bond motifs is 3. The number of hydrogen-bond donors (Lipinski definition) is 0. The minimum atomic E-state index is -2.86. The first-order valence-corrected chi connectivity index (χ1v) is 19.7. The van der Waals surface area contributed by atoms with Crippen LogP contribution >= 0.6 is 0 Å². The summed E-state index contributed by atoms with van der Waals surface area (Å²) in [6.45, 7) is 6.95. The molecule has 9 rings (SSSR count). The SMILES string of the molecule is CC(C)(C)[Si](O[C@@H]1CCC(n2c(-c3cncnc3)nc3cnc(-n4cnc5ccc(F)cc54)nc32)c2ccccc21)(c1ccccc1)c1ccccc1. The van der Waals surface area contributed by atoms with Crippen LogP contribution in [0.5, 0.6) is 0 Å². The third-order valence-electron chi connectivity index (χ3n) is 10.4. The minimum Gasteiger partial charge on any atom is -0.400 e. The van der Waals surface area contributed by atoms with E-state index in [1.54, 1.807) is 35.6 Å². The van der Waals surface area contributed by atoms with E-state index in [2.05, 4.69) is 130 Å². The Balaban J connectivity index is 1.21. The van der Waals surface area contributed by atoms with Crippen LogP contribution in [0.4, 0.5) is 4.39 Å². The van der Waals surface area contributed by atoms with Crippen molar-refractivity contribution in [1.82, 2.24) is 39.0 Å². The Labute approximate surface area is 307 Å². The second kappa shape index (κ2) is 12.9. The fourth-order valence-corrected chi connectivity index (χ4v) is 12.8. The van der Waals surface area contributed by atoms with Crippen molar-refractivity contribution in [3.05, 3.63) is 151 Å². The standard InChI is InChI=1S/C42H37FN8OSi/c1-42(2,3)53(30-12-6-4-7-13-30,31-14-8-5-9-15-31)52-38-21-20-36(32-16-10-11-17-33(32)38)51-39(28-23-44-26-45-24-28)48-35-25-46-41(49-40(35)51)50-27-47-34-19-18-29(43)22-37(34)50/h4-19,22-27,36,38H,20-21H2,1-3H3/t36?,38-/m1/s1. The number of imidazole rings is 2. The highest BCUT2D eigenvalue weighted by molar-refractivity contribution is 6.99. The highest BCUT2D eigenvalue weighted by Gasteiger charge is 2.52. The summed E-state index contributed by atoms with van der Waals surface area (Å²) >= 11 is 0. The molecule has 9 nitrogen and oxygen atoms in total. The third-order valence-corrected chi connectivity index (χ3v) is 15.5. The zero-order valence-electron chi connectivity index (χ0n) is 29.6. The van der Waals surface area contributed by atoms with Crippen LogP contribution in [0.2, 0.25) is 5.04 Å². The van der Waals surface area contributed by atoms with Crippen molar-refractivity contribution in [3.8, 4) is 17.3 Å². The Hall–Kier alpha value is -5.91. The summed E-state index contributed by atoms with van der Waals surface area (Å²) in [5.74, 6) is 0.713. The number of benzene rings is 4. The Kier molecular flexibility index (Phi) is 8.05.